The Labute approximate surface area is 280 Å². The molecule has 15 heteroatoms. The van der Waals surface area contributed by atoms with Crippen LogP contribution in [-0.2, 0) is 33.3 Å². The smallest absolute Gasteiger partial charge is 0.314 e. The highest BCUT2D eigenvalue weighted by Crippen LogP contribution is 2.44. The number of esters is 2. The van der Waals surface area contributed by atoms with E-state index < -0.39 is 83.2 Å². The van der Waals surface area contributed by atoms with E-state index in [1.54, 1.807) is 26.0 Å². The molecule has 1 spiro atoms. The van der Waals surface area contributed by atoms with Crippen molar-refractivity contribution in [2.75, 3.05) is 6.61 Å². The van der Waals surface area contributed by atoms with Crippen molar-refractivity contribution in [3.8, 4) is 5.75 Å². The summed E-state index contributed by atoms with van der Waals surface area (Å²) >= 11 is 0. The van der Waals surface area contributed by atoms with Gasteiger partial charge in [0, 0.05) is 19.4 Å². The third kappa shape index (κ3) is 9.32. The van der Waals surface area contributed by atoms with Crippen LogP contribution in [0.25, 0.3) is 0 Å². The molecule has 4 rings (SSSR count). The number of aliphatic hydroxyl groups excluding tert-OH is 1. The van der Waals surface area contributed by atoms with Crippen LogP contribution in [0.15, 0.2) is 36.0 Å². The van der Waals surface area contributed by atoms with Gasteiger partial charge in [0.1, 0.15) is 23.9 Å². The number of carbonyl (C=O) groups excluding carboxylic acids is 3. The molecular weight excluding hydrogens is 661 g/mol. The fourth-order valence-corrected chi connectivity index (χ4v) is 5.98. The number of hydrogen-bond acceptors (Lipinski definition) is 9. The van der Waals surface area contributed by atoms with Crippen molar-refractivity contribution in [3.05, 3.63) is 65.0 Å². The predicted molar refractivity (Wildman–Crippen MR) is 162 cm³/mol. The summed E-state index contributed by atoms with van der Waals surface area (Å²) in [6.07, 6.45) is 4.86. The van der Waals surface area contributed by atoms with Crippen molar-refractivity contribution in [2.45, 2.75) is 109 Å². The van der Waals surface area contributed by atoms with Gasteiger partial charge in [-0.2, -0.15) is 8.78 Å². The summed E-state index contributed by atoms with van der Waals surface area (Å²) in [5.74, 6) is -15.1. The second-order valence-corrected chi connectivity index (χ2v) is 12.7. The fourth-order valence-electron chi connectivity index (χ4n) is 5.98. The van der Waals surface area contributed by atoms with Crippen LogP contribution in [0.5, 0.6) is 5.75 Å². The normalized spacial score (nSPS) is 30.8. The standard InChI is InChI=1S/C34H40F5NO9/c1-16(8-6-7-9-23-17(2)12-22(19(4)47-23)40-24(42)11-10-18(3)46-20(5)41)31-33(44)34(15-45-34)14-21(48-31)13-25(43)49-32-29(38)27(36)26(35)28(37)30(32)39/h6-8,10-11,17-19,21-23,31,33,44H,9,12-15H2,1-5H3,(H,40,42)/b7-6+,11-10-,16-8+/t17-,18-,19+,21+,22+,23-,31+,33+,34+/m0/s1. The lowest BCUT2D eigenvalue weighted by Gasteiger charge is -2.39. The molecule has 1 aromatic carbocycles. The average molecular weight is 702 g/mol. The maximum absolute atomic E-state index is 14.0. The van der Waals surface area contributed by atoms with Gasteiger partial charge in [0.05, 0.1) is 37.4 Å². The molecule has 0 saturated carbocycles. The van der Waals surface area contributed by atoms with Crippen molar-refractivity contribution < 1.29 is 65.1 Å². The molecule has 0 aromatic heterocycles. The SMILES string of the molecule is CC(=O)O[C@@H](C)/C=C\C(=O)N[C@@H]1C[C@H](C)[C@H](C/C=C/C=C(\C)[C@H]2O[C@H](CC(=O)Oc3c(F)c(F)c(F)c(F)c3F)C[C@@]3(CO3)[C@@H]2O)O[C@@H]1C. The quantitative estimate of drug-likeness (QED) is 0.0494. The molecule has 3 aliphatic heterocycles. The summed E-state index contributed by atoms with van der Waals surface area (Å²) in [7, 11) is 0. The van der Waals surface area contributed by atoms with Gasteiger partial charge in [0.15, 0.2) is 0 Å². The third-order valence-corrected chi connectivity index (χ3v) is 8.76. The molecule has 3 aliphatic rings. The van der Waals surface area contributed by atoms with E-state index >= 15 is 0 Å². The van der Waals surface area contributed by atoms with Gasteiger partial charge in [-0.05, 0) is 51.2 Å². The highest BCUT2D eigenvalue weighted by atomic mass is 19.2. The fraction of sp³-hybridized carbons (Fsp3) is 0.559. The van der Waals surface area contributed by atoms with Gasteiger partial charge in [-0.1, -0.05) is 25.2 Å². The number of ether oxygens (including phenoxy) is 5. The van der Waals surface area contributed by atoms with Crippen LogP contribution in [0, 0.1) is 35.0 Å². The van der Waals surface area contributed by atoms with Crippen molar-refractivity contribution in [1.29, 1.82) is 0 Å². The van der Waals surface area contributed by atoms with E-state index in [0.29, 0.717) is 18.4 Å². The number of aliphatic hydroxyl groups is 1. The number of carbonyl (C=O) groups is 3. The van der Waals surface area contributed by atoms with Crippen LogP contribution >= 0.6 is 0 Å². The summed E-state index contributed by atoms with van der Waals surface area (Å²) in [4.78, 5) is 35.9. The number of amides is 1. The first-order valence-corrected chi connectivity index (χ1v) is 15.9. The zero-order valence-electron chi connectivity index (χ0n) is 27.6. The molecule has 0 unspecified atom stereocenters. The number of hydrogen-bond donors (Lipinski definition) is 2. The zero-order chi connectivity index (χ0) is 36.2. The molecule has 10 nitrogen and oxygen atoms in total. The molecule has 0 radical (unpaired) electrons. The second-order valence-electron chi connectivity index (χ2n) is 12.7. The number of epoxide rings is 1. The van der Waals surface area contributed by atoms with Crippen LogP contribution in [0.3, 0.4) is 0 Å². The van der Waals surface area contributed by atoms with E-state index in [-0.39, 0.29) is 43.1 Å². The van der Waals surface area contributed by atoms with Gasteiger partial charge in [0.25, 0.3) is 0 Å². The minimum absolute atomic E-state index is 0.0280. The van der Waals surface area contributed by atoms with E-state index in [4.69, 9.17) is 18.9 Å². The van der Waals surface area contributed by atoms with Crippen molar-refractivity contribution in [2.24, 2.45) is 5.92 Å². The van der Waals surface area contributed by atoms with Crippen molar-refractivity contribution in [1.82, 2.24) is 5.32 Å². The van der Waals surface area contributed by atoms with Crippen molar-refractivity contribution >= 4 is 17.8 Å². The third-order valence-electron chi connectivity index (χ3n) is 8.76. The number of allylic oxidation sites excluding steroid dienone is 2. The average Bonchev–Trinajstić information content (AvgIpc) is 3.81. The minimum Gasteiger partial charge on any atom is -0.459 e. The Kier molecular flexibility index (Phi) is 12.4. The Hall–Kier alpha value is -3.66. The second kappa shape index (κ2) is 15.9. The van der Waals surface area contributed by atoms with Crippen LogP contribution in [0.4, 0.5) is 22.0 Å². The van der Waals surface area contributed by atoms with E-state index in [0.717, 1.165) is 0 Å². The number of nitrogens with one attached hydrogen (secondary N) is 1. The van der Waals surface area contributed by atoms with Gasteiger partial charge in [0.2, 0.25) is 40.7 Å². The summed E-state index contributed by atoms with van der Waals surface area (Å²) in [5, 5.41) is 13.9. The Morgan fingerprint density at radius 3 is 2.29 bits per heavy atom. The molecule has 270 valence electrons. The van der Waals surface area contributed by atoms with Gasteiger partial charge in [-0.15, -0.1) is 0 Å². The first-order valence-electron chi connectivity index (χ1n) is 15.9. The molecule has 9 atom stereocenters. The number of rotatable bonds is 11. The molecule has 3 fully saturated rings. The molecular formula is C34H40F5NO9. The summed E-state index contributed by atoms with van der Waals surface area (Å²) < 4.78 is 95.5. The van der Waals surface area contributed by atoms with Crippen LogP contribution in [0.1, 0.15) is 60.3 Å². The molecule has 49 heavy (non-hydrogen) atoms. The topological polar surface area (TPSA) is 133 Å². The van der Waals surface area contributed by atoms with E-state index in [1.807, 2.05) is 19.9 Å². The maximum Gasteiger partial charge on any atom is 0.314 e. The molecule has 3 saturated heterocycles. The van der Waals surface area contributed by atoms with Crippen LogP contribution in [0.2, 0.25) is 0 Å². The van der Waals surface area contributed by atoms with E-state index in [1.165, 1.54) is 19.1 Å². The Balaban J connectivity index is 1.31. The lowest BCUT2D eigenvalue weighted by Crippen LogP contribution is -2.51. The molecule has 3 heterocycles. The lowest BCUT2D eigenvalue weighted by atomic mass is 9.85. The van der Waals surface area contributed by atoms with Gasteiger partial charge >= 0.3 is 11.9 Å². The maximum atomic E-state index is 14.0. The molecule has 2 N–H and O–H groups in total. The number of benzene rings is 1. The highest BCUT2D eigenvalue weighted by molar-refractivity contribution is 5.87. The Bertz CT molecular complexity index is 1480. The highest BCUT2D eigenvalue weighted by Gasteiger charge is 2.59. The predicted octanol–water partition coefficient (Wildman–Crippen LogP) is 4.66. The first kappa shape index (κ1) is 38.1. The van der Waals surface area contributed by atoms with Crippen LogP contribution < -0.4 is 10.1 Å². The van der Waals surface area contributed by atoms with Gasteiger partial charge in [-0.3, -0.25) is 14.4 Å². The molecule has 1 amide bonds. The monoisotopic (exact) mass is 701 g/mol. The molecule has 0 bridgehead atoms. The number of halogens is 5. The lowest BCUT2D eigenvalue weighted by molar-refractivity contribution is -0.155. The Morgan fingerprint density at radius 1 is 1.04 bits per heavy atom. The Morgan fingerprint density at radius 2 is 1.67 bits per heavy atom. The first-order chi connectivity index (χ1) is 23.0. The summed E-state index contributed by atoms with van der Waals surface area (Å²) in [5.41, 5.74) is -0.456. The summed E-state index contributed by atoms with van der Waals surface area (Å²) in [6, 6.07) is -0.221. The minimum atomic E-state index is -2.38. The molecule has 0 aliphatic carbocycles. The summed E-state index contributed by atoms with van der Waals surface area (Å²) in [6.45, 7) is 8.68. The van der Waals surface area contributed by atoms with E-state index in [2.05, 4.69) is 10.1 Å². The van der Waals surface area contributed by atoms with Crippen LogP contribution in [-0.4, -0.2) is 77.8 Å². The zero-order valence-corrected chi connectivity index (χ0v) is 27.6. The van der Waals surface area contributed by atoms with Gasteiger partial charge in [-0.25, -0.2) is 13.2 Å². The van der Waals surface area contributed by atoms with Crippen molar-refractivity contribution in [3.63, 3.8) is 0 Å². The van der Waals surface area contributed by atoms with Gasteiger partial charge < -0.3 is 34.1 Å². The largest absolute Gasteiger partial charge is 0.459 e. The molecule has 1 aromatic rings. The van der Waals surface area contributed by atoms with E-state index in [9.17, 15) is 41.4 Å².